The summed E-state index contributed by atoms with van der Waals surface area (Å²) >= 11 is 0. The van der Waals surface area contributed by atoms with Crippen molar-refractivity contribution in [3.8, 4) is 12.3 Å². The molecule has 0 bridgehead atoms. The van der Waals surface area contributed by atoms with E-state index in [1.165, 1.54) is 7.05 Å². The van der Waals surface area contributed by atoms with Crippen LogP contribution in [0.5, 0.6) is 0 Å². The molecule has 0 aromatic carbocycles. The molecular weight excluding hydrogens is 164 g/mol. The van der Waals surface area contributed by atoms with E-state index in [0.29, 0.717) is 0 Å². The standard InChI is InChI=1S/C6H12N2O2S/c1-3-5-8(2)11(9,10)6-4-7/h1H,4-7H2,2H3. The van der Waals surface area contributed by atoms with Crippen molar-refractivity contribution in [2.45, 2.75) is 0 Å². The van der Waals surface area contributed by atoms with Crippen LogP contribution in [0.15, 0.2) is 0 Å². The predicted molar refractivity (Wildman–Crippen MR) is 44.3 cm³/mol. The van der Waals surface area contributed by atoms with Gasteiger partial charge in [0, 0.05) is 13.6 Å². The first-order chi connectivity index (χ1) is 5.04. The summed E-state index contributed by atoms with van der Waals surface area (Å²) in [5, 5.41) is 0. The summed E-state index contributed by atoms with van der Waals surface area (Å²) in [7, 11) is -1.77. The largest absolute Gasteiger partial charge is 0.329 e. The van der Waals surface area contributed by atoms with Crippen molar-refractivity contribution in [3.05, 3.63) is 0 Å². The lowest BCUT2D eigenvalue weighted by Gasteiger charge is -2.12. The monoisotopic (exact) mass is 176 g/mol. The Balaban J connectivity index is 4.21. The minimum Gasteiger partial charge on any atom is -0.329 e. The number of hydrogen-bond donors (Lipinski definition) is 1. The van der Waals surface area contributed by atoms with E-state index in [0.717, 1.165) is 4.31 Å². The smallest absolute Gasteiger partial charge is 0.215 e. The molecule has 0 aliphatic heterocycles. The summed E-state index contributed by atoms with van der Waals surface area (Å²) < 4.78 is 23.3. The van der Waals surface area contributed by atoms with Crippen LogP contribution < -0.4 is 5.73 Å². The van der Waals surface area contributed by atoms with Crippen LogP contribution in [0.1, 0.15) is 0 Å². The number of sulfonamides is 1. The van der Waals surface area contributed by atoms with Crippen LogP contribution in [0.3, 0.4) is 0 Å². The molecule has 0 saturated heterocycles. The Morgan fingerprint density at radius 3 is 2.55 bits per heavy atom. The second-order valence-corrected chi connectivity index (χ2v) is 4.26. The Hall–Kier alpha value is -0.570. The zero-order valence-corrected chi connectivity index (χ0v) is 7.26. The van der Waals surface area contributed by atoms with E-state index in [1.54, 1.807) is 0 Å². The summed E-state index contributed by atoms with van der Waals surface area (Å²) in [6, 6.07) is 0. The Kier molecular flexibility index (Phi) is 4.11. The first kappa shape index (κ1) is 10.4. The summed E-state index contributed by atoms with van der Waals surface area (Å²) in [6.07, 6.45) is 4.93. The summed E-state index contributed by atoms with van der Waals surface area (Å²) in [5.74, 6) is 2.19. The van der Waals surface area contributed by atoms with Crippen LogP contribution in [0, 0.1) is 12.3 Å². The molecule has 0 aliphatic rings. The van der Waals surface area contributed by atoms with Gasteiger partial charge < -0.3 is 5.73 Å². The molecule has 0 atom stereocenters. The maximum Gasteiger partial charge on any atom is 0.215 e. The second-order valence-electron chi connectivity index (χ2n) is 2.06. The predicted octanol–water partition coefficient (Wildman–Crippen LogP) is -1.16. The molecule has 5 heteroatoms. The molecule has 0 saturated carbocycles. The van der Waals surface area contributed by atoms with Gasteiger partial charge in [-0.15, -0.1) is 6.42 Å². The number of hydrogen-bond acceptors (Lipinski definition) is 3. The molecular formula is C6H12N2O2S. The number of nitrogens with zero attached hydrogens (tertiary/aromatic N) is 1. The average molecular weight is 176 g/mol. The number of terminal acetylenes is 1. The van der Waals surface area contributed by atoms with Crippen LogP contribution in [-0.2, 0) is 10.0 Å². The molecule has 0 heterocycles. The normalized spacial score (nSPS) is 11.5. The highest BCUT2D eigenvalue weighted by atomic mass is 32.2. The van der Waals surface area contributed by atoms with E-state index in [9.17, 15) is 8.42 Å². The van der Waals surface area contributed by atoms with E-state index in [2.05, 4.69) is 5.92 Å². The third-order valence-electron chi connectivity index (χ3n) is 1.16. The van der Waals surface area contributed by atoms with E-state index >= 15 is 0 Å². The van der Waals surface area contributed by atoms with E-state index in [1.807, 2.05) is 0 Å². The Labute approximate surface area is 67.4 Å². The Morgan fingerprint density at radius 1 is 1.64 bits per heavy atom. The fraction of sp³-hybridized carbons (Fsp3) is 0.667. The Bertz CT molecular complexity index is 240. The van der Waals surface area contributed by atoms with Crippen molar-refractivity contribution in [3.63, 3.8) is 0 Å². The third kappa shape index (κ3) is 3.37. The molecule has 0 aromatic rings. The molecule has 11 heavy (non-hydrogen) atoms. The van der Waals surface area contributed by atoms with Gasteiger partial charge in [-0.2, -0.15) is 4.31 Å². The molecule has 0 aliphatic carbocycles. The van der Waals surface area contributed by atoms with Gasteiger partial charge in [-0.25, -0.2) is 8.42 Å². The SMILES string of the molecule is C#CCN(C)S(=O)(=O)CCN. The average Bonchev–Trinajstić information content (AvgIpc) is 1.88. The van der Waals surface area contributed by atoms with Crippen LogP contribution in [0.2, 0.25) is 0 Å². The van der Waals surface area contributed by atoms with Gasteiger partial charge in [-0.3, -0.25) is 0 Å². The topological polar surface area (TPSA) is 63.4 Å². The van der Waals surface area contributed by atoms with Gasteiger partial charge in [0.1, 0.15) is 0 Å². The lowest BCUT2D eigenvalue weighted by Crippen LogP contribution is -2.32. The maximum atomic E-state index is 11.1. The quantitative estimate of drug-likeness (QED) is 0.550. The van der Waals surface area contributed by atoms with Gasteiger partial charge >= 0.3 is 0 Å². The number of rotatable bonds is 4. The molecule has 0 fully saturated rings. The van der Waals surface area contributed by atoms with Gasteiger partial charge in [-0.05, 0) is 0 Å². The lowest BCUT2D eigenvalue weighted by molar-refractivity contribution is 0.503. The minimum absolute atomic E-state index is 0.0504. The molecule has 0 unspecified atom stereocenters. The zero-order chi connectivity index (χ0) is 8.91. The van der Waals surface area contributed by atoms with E-state index in [-0.39, 0.29) is 18.8 Å². The van der Waals surface area contributed by atoms with Crippen molar-refractivity contribution in [1.82, 2.24) is 4.31 Å². The maximum absolute atomic E-state index is 11.1. The highest BCUT2D eigenvalue weighted by Gasteiger charge is 2.14. The third-order valence-corrected chi connectivity index (χ3v) is 3.00. The van der Waals surface area contributed by atoms with E-state index < -0.39 is 10.0 Å². The van der Waals surface area contributed by atoms with Gasteiger partial charge in [0.25, 0.3) is 0 Å². The van der Waals surface area contributed by atoms with Crippen LogP contribution >= 0.6 is 0 Å². The molecule has 0 radical (unpaired) electrons. The van der Waals surface area contributed by atoms with Gasteiger partial charge in [0.05, 0.1) is 12.3 Å². The van der Waals surface area contributed by atoms with Crippen molar-refractivity contribution in [2.24, 2.45) is 5.73 Å². The molecule has 64 valence electrons. The minimum atomic E-state index is -3.21. The second kappa shape index (κ2) is 4.34. The summed E-state index contributed by atoms with van der Waals surface area (Å²) in [6.45, 7) is 0.222. The van der Waals surface area contributed by atoms with E-state index in [4.69, 9.17) is 12.2 Å². The first-order valence-corrected chi connectivity index (χ1v) is 4.73. The molecule has 4 nitrogen and oxygen atoms in total. The highest BCUT2D eigenvalue weighted by Crippen LogP contribution is 1.94. The van der Waals surface area contributed by atoms with Gasteiger partial charge in [0.15, 0.2) is 0 Å². The van der Waals surface area contributed by atoms with Crippen LogP contribution in [-0.4, -0.2) is 38.6 Å². The van der Waals surface area contributed by atoms with Crippen LogP contribution in [0.4, 0.5) is 0 Å². The molecule has 0 aromatic heterocycles. The first-order valence-electron chi connectivity index (χ1n) is 3.12. The van der Waals surface area contributed by atoms with Crippen molar-refractivity contribution in [1.29, 1.82) is 0 Å². The van der Waals surface area contributed by atoms with Crippen LogP contribution in [0.25, 0.3) is 0 Å². The van der Waals surface area contributed by atoms with Crippen molar-refractivity contribution < 1.29 is 8.42 Å². The molecule has 0 spiro atoms. The number of nitrogens with two attached hydrogens (primary N) is 1. The molecule has 0 rings (SSSR count). The lowest BCUT2D eigenvalue weighted by atomic mass is 10.7. The van der Waals surface area contributed by atoms with Gasteiger partial charge in [-0.1, -0.05) is 5.92 Å². The summed E-state index contributed by atoms with van der Waals surface area (Å²) in [4.78, 5) is 0. The molecule has 2 N–H and O–H groups in total. The summed E-state index contributed by atoms with van der Waals surface area (Å²) in [5.41, 5.74) is 5.09. The fourth-order valence-corrected chi connectivity index (χ4v) is 1.41. The van der Waals surface area contributed by atoms with Gasteiger partial charge in [0.2, 0.25) is 10.0 Å². The van der Waals surface area contributed by atoms with Crippen molar-refractivity contribution in [2.75, 3.05) is 25.9 Å². The fourth-order valence-electron chi connectivity index (χ4n) is 0.532. The van der Waals surface area contributed by atoms with Crippen molar-refractivity contribution >= 4 is 10.0 Å². The zero-order valence-electron chi connectivity index (χ0n) is 6.45. The molecule has 0 amide bonds. The highest BCUT2D eigenvalue weighted by molar-refractivity contribution is 7.89. The Morgan fingerprint density at radius 2 is 2.18 bits per heavy atom.